The van der Waals surface area contributed by atoms with Gasteiger partial charge in [0.2, 0.25) is 0 Å². The Morgan fingerprint density at radius 3 is 2.56 bits per heavy atom. The van der Waals surface area contributed by atoms with Crippen LogP contribution in [0.3, 0.4) is 0 Å². The number of anilines is 1. The summed E-state index contributed by atoms with van der Waals surface area (Å²) in [5, 5.41) is 15.2. The molecule has 2 aromatic carbocycles. The van der Waals surface area contributed by atoms with Crippen LogP contribution in [0.1, 0.15) is 28.8 Å². The number of benzene rings is 2. The largest absolute Gasteiger partial charge is 0.366 e. The minimum Gasteiger partial charge on any atom is -0.366 e. The molecular weight excluding hydrogens is 320 g/mol. The van der Waals surface area contributed by atoms with Gasteiger partial charge in [-0.05, 0) is 31.0 Å². The molecule has 1 aliphatic heterocycles. The van der Waals surface area contributed by atoms with Crippen LogP contribution in [0.15, 0.2) is 53.6 Å². The van der Waals surface area contributed by atoms with Crippen molar-refractivity contribution in [2.45, 2.75) is 12.8 Å². The normalized spacial score (nSPS) is 14.0. The van der Waals surface area contributed by atoms with E-state index < -0.39 is 0 Å². The second-order valence-corrected chi connectivity index (χ2v) is 5.76. The fraction of sp³-hybridized carbons (Fsp3) is 0.222. The van der Waals surface area contributed by atoms with Gasteiger partial charge >= 0.3 is 0 Å². The molecule has 0 atom stereocenters. The molecule has 1 heterocycles. The topological polar surface area (TPSA) is 87.8 Å². The van der Waals surface area contributed by atoms with Gasteiger partial charge in [-0.15, -0.1) is 0 Å². The number of hydrogen-bond donors (Lipinski definition) is 1. The van der Waals surface area contributed by atoms with Crippen molar-refractivity contribution in [2.24, 2.45) is 5.10 Å². The van der Waals surface area contributed by atoms with Crippen LogP contribution in [-0.4, -0.2) is 30.1 Å². The molecule has 0 aromatic heterocycles. The maximum atomic E-state index is 11.9. The van der Waals surface area contributed by atoms with Gasteiger partial charge in [-0.25, -0.2) is 5.43 Å². The summed E-state index contributed by atoms with van der Waals surface area (Å²) in [5.41, 5.74) is 4.16. The minimum absolute atomic E-state index is 0.0558. The zero-order valence-electron chi connectivity index (χ0n) is 13.6. The number of nitro groups is 1. The molecule has 1 aliphatic rings. The number of carbonyl (C=O) groups is 1. The lowest BCUT2D eigenvalue weighted by molar-refractivity contribution is -0.384. The Kier molecular flexibility index (Phi) is 5.03. The van der Waals surface area contributed by atoms with E-state index in [2.05, 4.69) is 10.5 Å². The van der Waals surface area contributed by atoms with Crippen LogP contribution >= 0.6 is 0 Å². The SMILES string of the molecule is O=C(NN=Cc1ccc(N2CCCC2)c([N+](=O)[O-])c1)c1ccccc1. The first-order valence-electron chi connectivity index (χ1n) is 8.07. The highest BCUT2D eigenvalue weighted by Gasteiger charge is 2.22. The highest BCUT2D eigenvalue weighted by atomic mass is 16.6. The third kappa shape index (κ3) is 4.00. The number of nitrogens with one attached hydrogen (secondary N) is 1. The zero-order valence-corrected chi connectivity index (χ0v) is 13.6. The minimum atomic E-state index is -0.381. The summed E-state index contributed by atoms with van der Waals surface area (Å²) >= 11 is 0. The molecule has 3 rings (SSSR count). The number of nitrogens with zero attached hydrogens (tertiary/aromatic N) is 3. The summed E-state index contributed by atoms with van der Waals surface area (Å²) in [4.78, 5) is 24.9. The lowest BCUT2D eigenvalue weighted by Gasteiger charge is -2.17. The Balaban J connectivity index is 1.73. The third-order valence-corrected chi connectivity index (χ3v) is 4.06. The van der Waals surface area contributed by atoms with Crippen LogP contribution in [0, 0.1) is 10.1 Å². The maximum absolute atomic E-state index is 11.9. The quantitative estimate of drug-likeness (QED) is 0.516. The Morgan fingerprint density at radius 1 is 1.16 bits per heavy atom. The van der Waals surface area contributed by atoms with Crippen LogP contribution in [0.5, 0.6) is 0 Å². The number of rotatable bonds is 5. The zero-order chi connectivity index (χ0) is 17.6. The number of carbonyl (C=O) groups excluding carboxylic acids is 1. The first kappa shape index (κ1) is 16.6. The van der Waals surface area contributed by atoms with Crippen LogP contribution in [0.25, 0.3) is 0 Å². The molecule has 0 saturated carbocycles. The summed E-state index contributed by atoms with van der Waals surface area (Å²) in [6, 6.07) is 13.7. The summed E-state index contributed by atoms with van der Waals surface area (Å²) in [6.45, 7) is 1.67. The Morgan fingerprint density at radius 2 is 1.88 bits per heavy atom. The van der Waals surface area contributed by atoms with Gasteiger partial charge in [0.1, 0.15) is 5.69 Å². The molecule has 7 heteroatoms. The van der Waals surface area contributed by atoms with E-state index in [-0.39, 0.29) is 16.5 Å². The lowest BCUT2D eigenvalue weighted by Crippen LogP contribution is -2.19. The molecule has 0 radical (unpaired) electrons. The smallest absolute Gasteiger partial charge is 0.293 e. The van der Waals surface area contributed by atoms with Crippen molar-refractivity contribution in [3.8, 4) is 0 Å². The van der Waals surface area contributed by atoms with Crippen molar-refractivity contribution >= 4 is 23.5 Å². The number of nitro benzene ring substituents is 1. The van der Waals surface area contributed by atoms with E-state index >= 15 is 0 Å². The average molecular weight is 338 g/mol. The molecule has 0 aliphatic carbocycles. The molecule has 1 amide bonds. The predicted octanol–water partition coefficient (Wildman–Crippen LogP) is 2.96. The third-order valence-electron chi connectivity index (χ3n) is 4.06. The molecule has 128 valence electrons. The monoisotopic (exact) mass is 338 g/mol. The second-order valence-electron chi connectivity index (χ2n) is 5.76. The van der Waals surface area contributed by atoms with Gasteiger partial charge in [0.05, 0.1) is 11.1 Å². The van der Waals surface area contributed by atoms with Crippen molar-refractivity contribution < 1.29 is 9.72 Å². The van der Waals surface area contributed by atoms with Gasteiger partial charge in [-0.1, -0.05) is 24.3 Å². The van der Waals surface area contributed by atoms with Gasteiger partial charge < -0.3 is 4.90 Å². The van der Waals surface area contributed by atoms with Crippen LogP contribution in [0.4, 0.5) is 11.4 Å². The predicted molar refractivity (Wildman–Crippen MR) is 96.0 cm³/mol. The van der Waals surface area contributed by atoms with Gasteiger partial charge in [-0.2, -0.15) is 5.10 Å². The van der Waals surface area contributed by atoms with Crippen molar-refractivity contribution in [2.75, 3.05) is 18.0 Å². The van der Waals surface area contributed by atoms with Gasteiger partial charge in [0, 0.05) is 30.3 Å². The molecule has 0 unspecified atom stereocenters. The van der Waals surface area contributed by atoms with Crippen molar-refractivity contribution in [3.63, 3.8) is 0 Å². The summed E-state index contributed by atoms with van der Waals surface area (Å²) < 4.78 is 0. The Labute approximate surface area is 145 Å². The number of hydrazone groups is 1. The highest BCUT2D eigenvalue weighted by molar-refractivity contribution is 5.95. The van der Waals surface area contributed by atoms with E-state index in [1.165, 1.54) is 12.3 Å². The van der Waals surface area contributed by atoms with Crippen LogP contribution in [0.2, 0.25) is 0 Å². The standard InChI is InChI=1S/C18H18N4O3/c23-18(15-6-2-1-3-7-15)20-19-13-14-8-9-16(17(12-14)22(24)25)21-10-4-5-11-21/h1-3,6-9,12-13H,4-5,10-11H2,(H,20,23). The molecule has 1 fully saturated rings. The first-order chi connectivity index (χ1) is 12.1. The van der Waals surface area contributed by atoms with E-state index in [0.29, 0.717) is 16.8 Å². The fourth-order valence-corrected chi connectivity index (χ4v) is 2.81. The van der Waals surface area contributed by atoms with Crippen molar-refractivity contribution in [1.82, 2.24) is 5.43 Å². The van der Waals surface area contributed by atoms with E-state index in [1.54, 1.807) is 36.4 Å². The first-order valence-corrected chi connectivity index (χ1v) is 8.07. The van der Waals surface area contributed by atoms with Crippen LogP contribution in [-0.2, 0) is 0 Å². The molecule has 0 spiro atoms. The van der Waals surface area contributed by atoms with E-state index in [0.717, 1.165) is 25.9 Å². The van der Waals surface area contributed by atoms with E-state index in [4.69, 9.17) is 0 Å². The number of amides is 1. The summed E-state index contributed by atoms with van der Waals surface area (Å²) in [6.07, 6.45) is 3.50. The van der Waals surface area contributed by atoms with Crippen molar-refractivity contribution in [1.29, 1.82) is 0 Å². The Bertz CT molecular complexity index is 799. The Hall–Kier alpha value is -3.22. The fourth-order valence-electron chi connectivity index (χ4n) is 2.81. The van der Waals surface area contributed by atoms with Gasteiger partial charge in [-0.3, -0.25) is 14.9 Å². The van der Waals surface area contributed by atoms with Gasteiger partial charge in [0.25, 0.3) is 11.6 Å². The summed E-state index contributed by atoms with van der Waals surface area (Å²) in [5.74, 6) is -0.333. The maximum Gasteiger partial charge on any atom is 0.293 e. The molecule has 0 bridgehead atoms. The second kappa shape index (κ2) is 7.57. The lowest BCUT2D eigenvalue weighted by atomic mass is 10.1. The average Bonchev–Trinajstić information content (AvgIpc) is 3.16. The molecule has 25 heavy (non-hydrogen) atoms. The van der Waals surface area contributed by atoms with Crippen molar-refractivity contribution in [3.05, 3.63) is 69.8 Å². The van der Waals surface area contributed by atoms with Gasteiger partial charge in [0.15, 0.2) is 0 Å². The van der Waals surface area contributed by atoms with E-state index in [9.17, 15) is 14.9 Å². The summed E-state index contributed by atoms with van der Waals surface area (Å²) in [7, 11) is 0. The molecule has 1 N–H and O–H groups in total. The van der Waals surface area contributed by atoms with Crippen LogP contribution < -0.4 is 10.3 Å². The number of hydrogen-bond acceptors (Lipinski definition) is 5. The molecule has 2 aromatic rings. The molecular formula is C18H18N4O3. The van der Waals surface area contributed by atoms with E-state index in [1.807, 2.05) is 11.0 Å². The molecule has 1 saturated heterocycles. The molecule has 7 nitrogen and oxygen atoms in total. The highest BCUT2D eigenvalue weighted by Crippen LogP contribution is 2.31.